The molecule has 1 nitrogen and oxygen atoms in total. The van der Waals surface area contributed by atoms with Gasteiger partial charge in [0.25, 0.3) is 0 Å². The molecule has 0 aliphatic heterocycles. The van der Waals surface area contributed by atoms with Gasteiger partial charge in [-0.2, -0.15) is 0 Å². The van der Waals surface area contributed by atoms with Crippen LogP contribution in [0.25, 0.3) is 0 Å². The zero-order valence-electron chi connectivity index (χ0n) is 7.86. The van der Waals surface area contributed by atoms with E-state index in [9.17, 15) is 0 Å². The monoisotopic (exact) mass is 141 g/mol. The molecule has 0 aromatic carbocycles. The molecule has 0 amide bonds. The summed E-state index contributed by atoms with van der Waals surface area (Å²) in [7, 11) is 2.08. The quantitative estimate of drug-likeness (QED) is 0.571. The maximum atomic E-state index is 4.02. The molecule has 0 saturated heterocycles. The molecule has 0 spiro atoms. The predicted molar refractivity (Wildman–Crippen MR) is 46.9 cm³/mol. The molecule has 0 aliphatic carbocycles. The van der Waals surface area contributed by atoms with E-state index < -0.39 is 0 Å². The van der Waals surface area contributed by atoms with E-state index in [1.54, 1.807) is 0 Å². The Labute approximate surface area is 64.7 Å². The van der Waals surface area contributed by atoms with E-state index in [1.165, 1.54) is 5.70 Å². The van der Waals surface area contributed by atoms with Gasteiger partial charge in [-0.15, -0.1) is 0 Å². The molecular weight excluding hydrogens is 122 g/mol. The smallest absolute Gasteiger partial charge is 0.0143 e. The second-order valence-corrected chi connectivity index (χ2v) is 3.71. The molecule has 0 rings (SSSR count). The second-order valence-electron chi connectivity index (χ2n) is 3.71. The van der Waals surface area contributed by atoms with Gasteiger partial charge in [0.15, 0.2) is 0 Å². The number of hydrogen-bond donors (Lipinski definition) is 0. The van der Waals surface area contributed by atoms with Gasteiger partial charge in [-0.25, -0.2) is 0 Å². The van der Waals surface area contributed by atoms with Crippen LogP contribution < -0.4 is 0 Å². The van der Waals surface area contributed by atoms with Crippen molar-refractivity contribution in [2.75, 3.05) is 13.6 Å². The SMILES string of the molecule is C=C(N(C)CC)C(C)(C)C. The highest BCUT2D eigenvalue weighted by Gasteiger charge is 2.16. The predicted octanol–water partition coefficient (Wildman–Crippen LogP) is 2.50. The Morgan fingerprint density at radius 1 is 1.40 bits per heavy atom. The Morgan fingerprint density at radius 2 is 1.80 bits per heavy atom. The van der Waals surface area contributed by atoms with E-state index in [1.807, 2.05) is 0 Å². The van der Waals surface area contributed by atoms with E-state index in [2.05, 4.69) is 46.2 Å². The molecular formula is C9H19N. The van der Waals surface area contributed by atoms with Crippen LogP contribution in [-0.4, -0.2) is 18.5 Å². The van der Waals surface area contributed by atoms with Crippen LogP contribution in [-0.2, 0) is 0 Å². The van der Waals surface area contributed by atoms with Gasteiger partial charge >= 0.3 is 0 Å². The molecule has 0 atom stereocenters. The van der Waals surface area contributed by atoms with Crippen LogP contribution in [0.4, 0.5) is 0 Å². The largest absolute Gasteiger partial charge is 0.378 e. The summed E-state index contributed by atoms with van der Waals surface area (Å²) in [6, 6.07) is 0. The summed E-state index contributed by atoms with van der Waals surface area (Å²) in [6.45, 7) is 13.7. The summed E-state index contributed by atoms with van der Waals surface area (Å²) in [4.78, 5) is 2.18. The summed E-state index contributed by atoms with van der Waals surface area (Å²) in [5, 5.41) is 0. The Balaban J connectivity index is 4.09. The lowest BCUT2D eigenvalue weighted by atomic mass is 9.92. The molecule has 60 valence electrons. The topological polar surface area (TPSA) is 3.24 Å². The second kappa shape index (κ2) is 3.09. The van der Waals surface area contributed by atoms with Gasteiger partial charge in [-0.3, -0.25) is 0 Å². The minimum absolute atomic E-state index is 0.213. The fourth-order valence-corrected chi connectivity index (χ4v) is 0.763. The van der Waals surface area contributed by atoms with Crippen LogP contribution in [0.3, 0.4) is 0 Å². The van der Waals surface area contributed by atoms with Gasteiger partial charge in [0.2, 0.25) is 0 Å². The molecule has 0 bridgehead atoms. The standard InChI is InChI=1S/C9H19N/c1-7-10(6)8(2)9(3,4)5/h2,7H2,1,3-6H3. The summed E-state index contributed by atoms with van der Waals surface area (Å²) in [5.41, 5.74) is 1.42. The fourth-order valence-electron chi connectivity index (χ4n) is 0.763. The number of nitrogens with zero attached hydrogens (tertiary/aromatic N) is 1. The average Bonchev–Trinajstić information content (AvgIpc) is 1.83. The normalized spacial score (nSPS) is 11.3. The highest BCUT2D eigenvalue weighted by atomic mass is 15.1. The molecule has 0 N–H and O–H groups in total. The Hall–Kier alpha value is -0.460. The van der Waals surface area contributed by atoms with Crippen molar-refractivity contribution in [1.82, 2.24) is 4.90 Å². The molecule has 0 radical (unpaired) electrons. The highest BCUT2D eigenvalue weighted by Crippen LogP contribution is 2.24. The molecule has 0 aliphatic rings. The summed E-state index contributed by atoms with van der Waals surface area (Å²) in [5.74, 6) is 0. The number of hydrogen-bond acceptors (Lipinski definition) is 1. The van der Waals surface area contributed by atoms with Crippen LogP contribution in [0, 0.1) is 5.41 Å². The number of allylic oxidation sites excluding steroid dienone is 1. The fraction of sp³-hybridized carbons (Fsp3) is 0.778. The van der Waals surface area contributed by atoms with Gasteiger partial charge in [-0.05, 0) is 6.92 Å². The van der Waals surface area contributed by atoms with Gasteiger partial charge in [0.05, 0.1) is 0 Å². The van der Waals surface area contributed by atoms with E-state index >= 15 is 0 Å². The van der Waals surface area contributed by atoms with Gasteiger partial charge < -0.3 is 4.90 Å². The maximum Gasteiger partial charge on any atom is 0.0143 e. The van der Waals surface area contributed by atoms with E-state index in [0.717, 1.165) is 6.54 Å². The Bertz CT molecular complexity index is 119. The number of rotatable bonds is 2. The first kappa shape index (κ1) is 9.54. The zero-order chi connectivity index (χ0) is 8.36. The van der Waals surface area contributed by atoms with Gasteiger partial charge in [0.1, 0.15) is 0 Å². The summed E-state index contributed by atoms with van der Waals surface area (Å²) >= 11 is 0. The Kier molecular flexibility index (Phi) is 2.95. The van der Waals surface area contributed by atoms with Crippen molar-refractivity contribution in [2.24, 2.45) is 5.41 Å². The van der Waals surface area contributed by atoms with Crippen molar-refractivity contribution < 1.29 is 0 Å². The maximum absolute atomic E-state index is 4.02. The van der Waals surface area contributed by atoms with E-state index in [0.29, 0.717) is 0 Å². The minimum atomic E-state index is 0.213. The van der Waals surface area contributed by atoms with Crippen molar-refractivity contribution in [3.8, 4) is 0 Å². The summed E-state index contributed by atoms with van der Waals surface area (Å²) in [6.07, 6.45) is 0. The van der Waals surface area contributed by atoms with Crippen LogP contribution in [0.15, 0.2) is 12.3 Å². The van der Waals surface area contributed by atoms with Crippen LogP contribution >= 0.6 is 0 Å². The third kappa shape index (κ3) is 2.42. The molecule has 0 saturated carbocycles. The lowest BCUT2D eigenvalue weighted by Crippen LogP contribution is -2.25. The average molecular weight is 141 g/mol. The molecule has 0 unspecified atom stereocenters. The molecule has 1 heteroatoms. The van der Waals surface area contributed by atoms with Crippen LogP contribution in [0.2, 0.25) is 0 Å². The van der Waals surface area contributed by atoms with Crippen molar-refractivity contribution in [3.63, 3.8) is 0 Å². The lowest BCUT2D eigenvalue weighted by Gasteiger charge is -2.30. The first-order chi connectivity index (χ1) is 4.39. The van der Waals surface area contributed by atoms with Crippen LogP contribution in [0.5, 0.6) is 0 Å². The van der Waals surface area contributed by atoms with Crippen molar-refractivity contribution in [3.05, 3.63) is 12.3 Å². The van der Waals surface area contributed by atoms with Crippen molar-refractivity contribution >= 4 is 0 Å². The van der Waals surface area contributed by atoms with E-state index in [4.69, 9.17) is 0 Å². The minimum Gasteiger partial charge on any atom is -0.378 e. The van der Waals surface area contributed by atoms with Crippen LogP contribution in [0.1, 0.15) is 27.7 Å². The zero-order valence-corrected chi connectivity index (χ0v) is 7.86. The molecule has 0 aromatic rings. The first-order valence-electron chi connectivity index (χ1n) is 3.80. The lowest BCUT2D eigenvalue weighted by molar-refractivity contribution is 0.324. The Morgan fingerprint density at radius 3 is 1.90 bits per heavy atom. The summed E-state index contributed by atoms with van der Waals surface area (Å²) < 4.78 is 0. The molecule has 0 heterocycles. The van der Waals surface area contributed by atoms with E-state index in [-0.39, 0.29) is 5.41 Å². The van der Waals surface area contributed by atoms with Crippen molar-refractivity contribution in [2.45, 2.75) is 27.7 Å². The van der Waals surface area contributed by atoms with Gasteiger partial charge in [0, 0.05) is 24.7 Å². The molecule has 0 aromatic heterocycles. The molecule has 0 fully saturated rings. The molecule has 10 heavy (non-hydrogen) atoms. The third-order valence-electron chi connectivity index (χ3n) is 1.80. The third-order valence-corrected chi connectivity index (χ3v) is 1.80. The highest BCUT2D eigenvalue weighted by molar-refractivity contribution is 5.02. The first-order valence-corrected chi connectivity index (χ1v) is 3.80. The van der Waals surface area contributed by atoms with Crippen molar-refractivity contribution in [1.29, 1.82) is 0 Å². The van der Waals surface area contributed by atoms with Gasteiger partial charge in [-0.1, -0.05) is 27.4 Å².